The first-order chi connectivity index (χ1) is 15.7. The zero-order chi connectivity index (χ0) is 21.9. The van der Waals surface area contributed by atoms with Gasteiger partial charge in [0.1, 0.15) is 22.8 Å². The second-order valence-corrected chi connectivity index (χ2v) is 7.69. The number of aryl methyl sites for hydroxylation is 1. The van der Waals surface area contributed by atoms with Crippen LogP contribution in [0.4, 0.5) is 5.69 Å². The Bertz CT molecular complexity index is 1200. The van der Waals surface area contributed by atoms with Crippen molar-refractivity contribution < 1.29 is 18.4 Å². The molecule has 1 aliphatic heterocycles. The molecule has 5 rings (SSSR count). The molecule has 0 amide bonds. The van der Waals surface area contributed by atoms with E-state index in [-0.39, 0.29) is 0 Å². The van der Waals surface area contributed by atoms with Gasteiger partial charge in [0.05, 0.1) is 12.8 Å². The second kappa shape index (κ2) is 8.84. The van der Waals surface area contributed by atoms with Crippen LogP contribution in [0, 0.1) is 6.92 Å². The Kier molecular flexibility index (Phi) is 5.60. The van der Waals surface area contributed by atoms with Crippen molar-refractivity contribution in [2.24, 2.45) is 0 Å². The van der Waals surface area contributed by atoms with Gasteiger partial charge in [-0.05, 0) is 38.0 Å². The van der Waals surface area contributed by atoms with E-state index < -0.39 is 0 Å². The number of hydrogen-bond acceptors (Lipinski definition) is 8. The van der Waals surface area contributed by atoms with Crippen LogP contribution < -0.4 is 10.1 Å². The molecule has 0 atom stereocenters. The first-order valence-corrected chi connectivity index (χ1v) is 10.6. The van der Waals surface area contributed by atoms with Gasteiger partial charge in [-0.15, -0.1) is 10.2 Å². The number of nitrogens with one attached hydrogen (secondary N) is 1. The van der Waals surface area contributed by atoms with Crippen molar-refractivity contribution in [2.75, 3.05) is 25.6 Å². The summed E-state index contributed by atoms with van der Waals surface area (Å²) in [7, 11) is 1.65. The molecule has 8 nitrogen and oxygen atoms in total. The summed E-state index contributed by atoms with van der Waals surface area (Å²) < 4.78 is 22.5. The summed E-state index contributed by atoms with van der Waals surface area (Å²) in [4.78, 5) is 0. The molecule has 8 heteroatoms. The summed E-state index contributed by atoms with van der Waals surface area (Å²) in [6, 6.07) is 16.0. The van der Waals surface area contributed by atoms with Gasteiger partial charge in [0.15, 0.2) is 0 Å². The first-order valence-electron chi connectivity index (χ1n) is 10.6. The van der Waals surface area contributed by atoms with Crippen molar-refractivity contribution in [1.29, 1.82) is 0 Å². The van der Waals surface area contributed by atoms with Gasteiger partial charge in [-0.1, -0.05) is 35.5 Å². The largest absolute Gasteiger partial charge is 0.495 e. The quantitative estimate of drug-likeness (QED) is 0.456. The number of hydrogen-bond donors (Lipinski definition) is 1. The molecule has 32 heavy (non-hydrogen) atoms. The Hall–Kier alpha value is -3.65. The van der Waals surface area contributed by atoms with Gasteiger partial charge in [-0.2, -0.15) is 0 Å². The van der Waals surface area contributed by atoms with E-state index in [0.717, 1.165) is 48.6 Å². The third kappa shape index (κ3) is 3.97. The van der Waals surface area contributed by atoms with Crippen LogP contribution in [0.15, 0.2) is 57.5 Å². The molecule has 0 unspecified atom stereocenters. The Balaban J connectivity index is 1.44. The molecule has 0 bridgehead atoms. The van der Waals surface area contributed by atoms with Crippen LogP contribution in [-0.2, 0) is 4.74 Å². The highest BCUT2D eigenvalue weighted by Gasteiger charge is 2.23. The predicted octanol–water partition coefficient (Wildman–Crippen LogP) is 4.97. The minimum Gasteiger partial charge on any atom is -0.495 e. The van der Waals surface area contributed by atoms with Crippen LogP contribution in [-0.4, -0.2) is 41.7 Å². The Morgan fingerprint density at radius 2 is 1.75 bits per heavy atom. The highest BCUT2D eigenvalue weighted by Crippen LogP contribution is 2.36. The van der Waals surface area contributed by atoms with Crippen LogP contribution in [0.2, 0.25) is 0 Å². The number of anilines is 1. The molecule has 0 spiro atoms. The van der Waals surface area contributed by atoms with Gasteiger partial charge in [-0.3, -0.25) is 0 Å². The van der Waals surface area contributed by atoms with Crippen LogP contribution in [0.1, 0.15) is 18.6 Å². The van der Waals surface area contributed by atoms with Crippen molar-refractivity contribution in [3.63, 3.8) is 0 Å². The molecule has 3 heterocycles. The summed E-state index contributed by atoms with van der Waals surface area (Å²) >= 11 is 0. The Morgan fingerprint density at radius 3 is 2.53 bits per heavy atom. The van der Waals surface area contributed by atoms with Crippen LogP contribution in [0.25, 0.3) is 34.2 Å². The number of ether oxygens (including phenoxy) is 2. The van der Waals surface area contributed by atoms with Gasteiger partial charge < -0.3 is 23.7 Å². The molecule has 4 aromatic rings. The standard InChI is InChI=1S/C24H24N4O4/c1-15-21(22(28-32-15)16-6-4-3-5-7-16)24-27-26-23(31-24)17-8-9-19(20(14-17)29-2)25-18-10-12-30-13-11-18/h3-9,14,18,25H,10-13H2,1-2H3. The molecule has 0 radical (unpaired) electrons. The smallest absolute Gasteiger partial charge is 0.254 e. The molecule has 1 fully saturated rings. The maximum atomic E-state index is 6.03. The van der Waals surface area contributed by atoms with E-state index in [0.29, 0.717) is 34.8 Å². The molecule has 0 aliphatic carbocycles. The zero-order valence-corrected chi connectivity index (χ0v) is 18.0. The van der Waals surface area contributed by atoms with E-state index in [1.54, 1.807) is 7.11 Å². The fourth-order valence-corrected chi connectivity index (χ4v) is 3.86. The predicted molar refractivity (Wildman–Crippen MR) is 119 cm³/mol. The lowest BCUT2D eigenvalue weighted by Gasteiger charge is -2.25. The third-order valence-electron chi connectivity index (χ3n) is 5.58. The highest BCUT2D eigenvalue weighted by atomic mass is 16.5. The third-order valence-corrected chi connectivity index (χ3v) is 5.58. The minimum atomic E-state index is 0.362. The molecule has 1 N–H and O–H groups in total. The van der Waals surface area contributed by atoms with E-state index in [1.807, 2.05) is 55.5 Å². The zero-order valence-electron chi connectivity index (χ0n) is 18.0. The maximum absolute atomic E-state index is 6.03. The molecule has 1 aliphatic rings. The van der Waals surface area contributed by atoms with E-state index >= 15 is 0 Å². The molecule has 0 saturated carbocycles. The summed E-state index contributed by atoms with van der Waals surface area (Å²) in [6.45, 7) is 3.38. The van der Waals surface area contributed by atoms with Crippen LogP contribution >= 0.6 is 0 Å². The summed E-state index contributed by atoms with van der Waals surface area (Å²) in [5, 5.41) is 16.3. The van der Waals surface area contributed by atoms with Crippen LogP contribution in [0.5, 0.6) is 5.75 Å². The van der Waals surface area contributed by atoms with Crippen molar-refractivity contribution in [3.05, 3.63) is 54.3 Å². The maximum Gasteiger partial charge on any atom is 0.254 e. The fourth-order valence-electron chi connectivity index (χ4n) is 3.86. The number of methoxy groups -OCH3 is 1. The lowest BCUT2D eigenvalue weighted by molar-refractivity contribution is 0.0904. The summed E-state index contributed by atoms with van der Waals surface area (Å²) in [5.41, 5.74) is 3.99. The molecule has 164 valence electrons. The van der Waals surface area contributed by atoms with E-state index in [1.165, 1.54) is 0 Å². The highest BCUT2D eigenvalue weighted by molar-refractivity contribution is 5.78. The normalized spacial score (nSPS) is 14.4. The summed E-state index contributed by atoms with van der Waals surface area (Å²) in [5.74, 6) is 2.10. The minimum absolute atomic E-state index is 0.362. The van der Waals surface area contributed by atoms with E-state index in [9.17, 15) is 0 Å². The second-order valence-electron chi connectivity index (χ2n) is 7.69. The topological polar surface area (TPSA) is 95.4 Å². The Labute approximate surface area is 185 Å². The van der Waals surface area contributed by atoms with Crippen molar-refractivity contribution in [3.8, 4) is 39.9 Å². The molecule has 1 saturated heterocycles. The number of nitrogens with zero attached hydrogens (tertiary/aromatic N) is 3. The molecule has 2 aromatic carbocycles. The van der Waals surface area contributed by atoms with Crippen LogP contribution in [0.3, 0.4) is 0 Å². The van der Waals surface area contributed by atoms with Crippen molar-refractivity contribution in [1.82, 2.24) is 15.4 Å². The van der Waals surface area contributed by atoms with Crippen molar-refractivity contribution >= 4 is 5.69 Å². The van der Waals surface area contributed by atoms with Crippen molar-refractivity contribution in [2.45, 2.75) is 25.8 Å². The lowest BCUT2D eigenvalue weighted by atomic mass is 10.1. The molecular formula is C24H24N4O4. The van der Waals surface area contributed by atoms with Gasteiger partial charge >= 0.3 is 0 Å². The Morgan fingerprint density at radius 1 is 0.969 bits per heavy atom. The van der Waals surface area contributed by atoms with Gasteiger partial charge in [0, 0.05) is 30.4 Å². The monoisotopic (exact) mass is 432 g/mol. The van der Waals surface area contributed by atoms with E-state index in [2.05, 4.69) is 20.7 Å². The summed E-state index contributed by atoms with van der Waals surface area (Å²) in [6.07, 6.45) is 1.94. The fraction of sp³-hybridized carbons (Fsp3) is 0.292. The first kappa shape index (κ1) is 20.3. The average molecular weight is 432 g/mol. The van der Waals surface area contributed by atoms with Gasteiger partial charge in [-0.25, -0.2) is 0 Å². The average Bonchev–Trinajstić information content (AvgIpc) is 3.47. The van der Waals surface area contributed by atoms with E-state index in [4.69, 9.17) is 18.4 Å². The number of aromatic nitrogens is 3. The number of rotatable bonds is 6. The van der Waals surface area contributed by atoms with Gasteiger partial charge in [0.2, 0.25) is 5.89 Å². The molecule has 2 aromatic heterocycles. The number of benzene rings is 2. The van der Waals surface area contributed by atoms with Gasteiger partial charge in [0.25, 0.3) is 5.89 Å². The lowest BCUT2D eigenvalue weighted by Crippen LogP contribution is -2.27. The molecular weight excluding hydrogens is 408 g/mol. The SMILES string of the molecule is COc1cc(-c2nnc(-c3c(-c4ccccc4)noc3C)o2)ccc1NC1CCOCC1.